The van der Waals surface area contributed by atoms with Crippen molar-refractivity contribution in [3.05, 3.63) is 71.0 Å². The van der Waals surface area contributed by atoms with E-state index in [1.165, 1.54) is 30.3 Å². The summed E-state index contributed by atoms with van der Waals surface area (Å²) in [4.78, 5) is 0. The van der Waals surface area contributed by atoms with Crippen LogP contribution in [0.4, 0.5) is 13.2 Å². The number of aliphatic hydroxyl groups is 1. The highest BCUT2D eigenvalue weighted by Gasteiger charge is 2.26. The molecule has 20 heavy (non-hydrogen) atoms. The maximum atomic E-state index is 13.7. The monoisotopic (exact) mass is 281 g/mol. The Morgan fingerprint density at radius 1 is 0.950 bits per heavy atom. The van der Waals surface area contributed by atoms with Gasteiger partial charge in [0.1, 0.15) is 17.5 Å². The van der Waals surface area contributed by atoms with Gasteiger partial charge in [0.15, 0.2) is 0 Å². The minimum absolute atomic E-state index is 0.0272. The minimum Gasteiger partial charge on any atom is -0.388 e. The third kappa shape index (κ3) is 2.84. The number of aliphatic hydroxyl groups excluding tert-OH is 1. The van der Waals surface area contributed by atoms with E-state index in [2.05, 4.69) is 0 Å². The van der Waals surface area contributed by atoms with E-state index >= 15 is 0 Å². The molecule has 0 amide bonds. The first-order valence-electron chi connectivity index (χ1n) is 6.12. The quantitative estimate of drug-likeness (QED) is 0.905. The topological polar surface area (TPSA) is 46.2 Å². The Balaban J connectivity index is 2.39. The van der Waals surface area contributed by atoms with Crippen molar-refractivity contribution < 1.29 is 18.3 Å². The SMILES string of the molecule is NCC(c1ccc(F)cc1)C(O)c1c(F)cccc1F. The van der Waals surface area contributed by atoms with Crippen LogP contribution in [0, 0.1) is 17.5 Å². The Kier molecular flexibility index (Phi) is 4.42. The summed E-state index contributed by atoms with van der Waals surface area (Å²) in [5.41, 5.74) is 5.68. The average molecular weight is 281 g/mol. The van der Waals surface area contributed by atoms with Crippen molar-refractivity contribution in [2.45, 2.75) is 12.0 Å². The number of halogens is 3. The van der Waals surface area contributed by atoms with Gasteiger partial charge in [0.05, 0.1) is 11.7 Å². The summed E-state index contributed by atoms with van der Waals surface area (Å²) < 4.78 is 40.2. The molecule has 0 spiro atoms. The molecule has 2 nitrogen and oxygen atoms in total. The van der Waals surface area contributed by atoms with Gasteiger partial charge in [-0.15, -0.1) is 0 Å². The molecule has 0 saturated carbocycles. The molecule has 2 atom stereocenters. The molecule has 106 valence electrons. The summed E-state index contributed by atoms with van der Waals surface area (Å²) in [5, 5.41) is 10.2. The second-order valence-corrected chi connectivity index (χ2v) is 4.47. The summed E-state index contributed by atoms with van der Waals surface area (Å²) >= 11 is 0. The molecular weight excluding hydrogens is 267 g/mol. The van der Waals surface area contributed by atoms with Gasteiger partial charge < -0.3 is 10.8 Å². The fourth-order valence-electron chi connectivity index (χ4n) is 2.15. The molecule has 0 fully saturated rings. The van der Waals surface area contributed by atoms with Crippen molar-refractivity contribution in [1.29, 1.82) is 0 Å². The van der Waals surface area contributed by atoms with Crippen LogP contribution in [-0.4, -0.2) is 11.7 Å². The van der Waals surface area contributed by atoms with Crippen molar-refractivity contribution in [3.8, 4) is 0 Å². The van der Waals surface area contributed by atoms with Gasteiger partial charge in [0.2, 0.25) is 0 Å². The summed E-state index contributed by atoms with van der Waals surface area (Å²) in [6.45, 7) is -0.0272. The molecule has 0 radical (unpaired) electrons. The smallest absolute Gasteiger partial charge is 0.131 e. The average Bonchev–Trinajstić information content (AvgIpc) is 2.41. The van der Waals surface area contributed by atoms with Crippen LogP contribution in [0.25, 0.3) is 0 Å². The third-order valence-electron chi connectivity index (χ3n) is 3.23. The van der Waals surface area contributed by atoms with Gasteiger partial charge in [-0.3, -0.25) is 0 Å². The van der Waals surface area contributed by atoms with Crippen LogP contribution in [0.15, 0.2) is 42.5 Å². The van der Waals surface area contributed by atoms with E-state index in [0.29, 0.717) is 5.56 Å². The molecule has 0 bridgehead atoms. The van der Waals surface area contributed by atoms with E-state index in [0.717, 1.165) is 12.1 Å². The lowest BCUT2D eigenvalue weighted by Crippen LogP contribution is -2.21. The Bertz CT molecular complexity index is 566. The molecule has 2 aromatic carbocycles. The van der Waals surface area contributed by atoms with E-state index in [-0.39, 0.29) is 6.54 Å². The zero-order valence-electron chi connectivity index (χ0n) is 10.6. The van der Waals surface area contributed by atoms with Crippen molar-refractivity contribution in [3.63, 3.8) is 0 Å². The molecule has 0 aliphatic carbocycles. The van der Waals surface area contributed by atoms with Crippen LogP contribution < -0.4 is 5.73 Å². The first kappa shape index (κ1) is 14.6. The first-order chi connectivity index (χ1) is 9.54. The highest BCUT2D eigenvalue weighted by molar-refractivity contribution is 5.29. The lowest BCUT2D eigenvalue weighted by atomic mass is 9.88. The molecule has 0 aliphatic heterocycles. The van der Waals surface area contributed by atoms with Crippen LogP contribution in [0.1, 0.15) is 23.1 Å². The largest absolute Gasteiger partial charge is 0.388 e. The van der Waals surface area contributed by atoms with Crippen LogP contribution in [0.5, 0.6) is 0 Å². The number of nitrogens with two attached hydrogens (primary N) is 1. The molecule has 0 heterocycles. The normalized spacial score (nSPS) is 14.1. The zero-order chi connectivity index (χ0) is 14.7. The van der Waals surface area contributed by atoms with E-state index in [1.807, 2.05) is 0 Å². The zero-order valence-corrected chi connectivity index (χ0v) is 10.6. The van der Waals surface area contributed by atoms with Gasteiger partial charge in [-0.2, -0.15) is 0 Å². The van der Waals surface area contributed by atoms with Gasteiger partial charge in [0, 0.05) is 12.5 Å². The van der Waals surface area contributed by atoms with Gasteiger partial charge in [-0.1, -0.05) is 18.2 Å². The molecule has 0 aromatic heterocycles. The second-order valence-electron chi connectivity index (χ2n) is 4.47. The fourth-order valence-corrected chi connectivity index (χ4v) is 2.15. The Labute approximate surface area is 114 Å². The highest BCUT2D eigenvalue weighted by atomic mass is 19.1. The standard InChI is InChI=1S/C15H14F3NO/c16-10-6-4-9(5-7-10)11(8-19)15(20)14-12(17)2-1-3-13(14)18/h1-7,11,15,20H,8,19H2. The van der Waals surface area contributed by atoms with Gasteiger partial charge in [-0.05, 0) is 29.8 Å². The molecular formula is C15H14F3NO. The number of hydrogen-bond donors (Lipinski definition) is 2. The third-order valence-corrected chi connectivity index (χ3v) is 3.23. The number of benzene rings is 2. The van der Waals surface area contributed by atoms with Crippen molar-refractivity contribution in [2.24, 2.45) is 5.73 Å². The molecule has 2 aromatic rings. The first-order valence-corrected chi connectivity index (χ1v) is 6.12. The maximum Gasteiger partial charge on any atom is 0.131 e. The number of hydrogen-bond acceptors (Lipinski definition) is 2. The molecule has 2 rings (SSSR count). The van der Waals surface area contributed by atoms with E-state index in [9.17, 15) is 18.3 Å². The van der Waals surface area contributed by atoms with Gasteiger partial charge in [0.25, 0.3) is 0 Å². The van der Waals surface area contributed by atoms with Crippen LogP contribution in [0.2, 0.25) is 0 Å². The molecule has 3 N–H and O–H groups in total. The summed E-state index contributed by atoms with van der Waals surface area (Å²) in [5.74, 6) is -2.82. The Hall–Kier alpha value is -1.85. The predicted molar refractivity (Wildman–Crippen MR) is 69.5 cm³/mol. The molecule has 0 saturated heterocycles. The number of rotatable bonds is 4. The van der Waals surface area contributed by atoms with E-state index in [1.54, 1.807) is 0 Å². The van der Waals surface area contributed by atoms with Gasteiger partial charge >= 0.3 is 0 Å². The lowest BCUT2D eigenvalue weighted by Gasteiger charge is -2.23. The maximum absolute atomic E-state index is 13.7. The predicted octanol–water partition coefficient (Wildman–Crippen LogP) is 2.88. The van der Waals surface area contributed by atoms with Crippen molar-refractivity contribution in [2.75, 3.05) is 6.54 Å². The van der Waals surface area contributed by atoms with E-state index in [4.69, 9.17) is 5.73 Å². The summed E-state index contributed by atoms with van der Waals surface area (Å²) in [7, 11) is 0. The Morgan fingerprint density at radius 3 is 2.00 bits per heavy atom. The molecule has 5 heteroatoms. The van der Waals surface area contributed by atoms with Crippen LogP contribution in [-0.2, 0) is 0 Å². The Morgan fingerprint density at radius 2 is 1.50 bits per heavy atom. The highest BCUT2D eigenvalue weighted by Crippen LogP contribution is 2.33. The van der Waals surface area contributed by atoms with Crippen molar-refractivity contribution >= 4 is 0 Å². The van der Waals surface area contributed by atoms with Crippen LogP contribution >= 0.6 is 0 Å². The second kappa shape index (κ2) is 6.07. The summed E-state index contributed by atoms with van der Waals surface area (Å²) in [6, 6.07) is 8.66. The van der Waals surface area contributed by atoms with Crippen LogP contribution in [0.3, 0.4) is 0 Å². The van der Waals surface area contributed by atoms with Gasteiger partial charge in [-0.25, -0.2) is 13.2 Å². The molecule has 2 unspecified atom stereocenters. The van der Waals surface area contributed by atoms with Crippen molar-refractivity contribution in [1.82, 2.24) is 0 Å². The summed E-state index contributed by atoms with van der Waals surface area (Å²) in [6.07, 6.45) is -1.44. The van der Waals surface area contributed by atoms with E-state index < -0.39 is 35.0 Å². The lowest BCUT2D eigenvalue weighted by molar-refractivity contribution is 0.138. The molecule has 0 aliphatic rings. The fraction of sp³-hybridized carbons (Fsp3) is 0.200. The minimum atomic E-state index is -1.44.